The average molecular weight is 449 g/mol. The van der Waals surface area contributed by atoms with Crippen LogP contribution in [-0.4, -0.2) is 30.8 Å². The zero-order chi connectivity index (χ0) is 23.4. The Kier molecular flexibility index (Phi) is 6.35. The van der Waals surface area contributed by atoms with Gasteiger partial charge in [0.05, 0.1) is 7.11 Å². The third-order valence-corrected chi connectivity index (χ3v) is 10.8. The van der Waals surface area contributed by atoms with Crippen LogP contribution in [0.5, 0.6) is 0 Å². The number of esters is 1. The summed E-state index contributed by atoms with van der Waals surface area (Å²) in [6, 6.07) is 0. The van der Waals surface area contributed by atoms with Gasteiger partial charge >= 0.3 is 5.97 Å². The Hall–Kier alpha value is -1.26. The van der Waals surface area contributed by atoms with Gasteiger partial charge in [-0.1, -0.05) is 27.7 Å². The van der Waals surface area contributed by atoms with Gasteiger partial charge in [-0.25, -0.2) is 4.39 Å². The fraction of sp³-hybridized carbons (Fsp3) is 0.889. The van der Waals surface area contributed by atoms with Crippen LogP contribution >= 0.6 is 0 Å². The van der Waals surface area contributed by atoms with Crippen LogP contribution in [0.4, 0.5) is 4.39 Å². The minimum Gasteiger partial charge on any atom is -0.469 e. The van der Waals surface area contributed by atoms with Gasteiger partial charge in [-0.15, -0.1) is 0 Å². The number of rotatable bonds is 5. The van der Waals surface area contributed by atoms with E-state index in [9.17, 15) is 18.8 Å². The van der Waals surface area contributed by atoms with Crippen LogP contribution in [0.3, 0.4) is 0 Å². The largest absolute Gasteiger partial charge is 0.469 e. The molecule has 0 aromatic rings. The number of ketones is 2. The second-order valence-electron chi connectivity index (χ2n) is 11.9. The summed E-state index contributed by atoms with van der Waals surface area (Å²) >= 11 is 0. The van der Waals surface area contributed by atoms with Crippen molar-refractivity contribution in [3.8, 4) is 0 Å². The fourth-order valence-electron chi connectivity index (χ4n) is 9.09. The van der Waals surface area contributed by atoms with Gasteiger partial charge in [0, 0.05) is 24.7 Å². The van der Waals surface area contributed by atoms with E-state index >= 15 is 0 Å². The molecule has 4 nitrogen and oxygen atoms in total. The van der Waals surface area contributed by atoms with E-state index in [1.165, 1.54) is 7.11 Å². The molecule has 4 rings (SSSR count). The highest BCUT2D eigenvalue weighted by atomic mass is 19.1. The standard InChI is InChI=1S/C27H41FO4/c1-6-16-20-13-22(29)21(28)14-27(20,4)19-11-12-26(3)17(15(2)7-10-23(30)32-5)8-9-18(26)24(19)25(16)31/h15-21,24H,6-14H2,1-5H3/t15?,16-,17-,18+,19+,20+,21+,24+,26-,27-/m1/s1. The third kappa shape index (κ3) is 3.48. The fourth-order valence-corrected chi connectivity index (χ4v) is 9.09. The average Bonchev–Trinajstić information content (AvgIpc) is 3.11. The summed E-state index contributed by atoms with van der Waals surface area (Å²) in [5, 5.41) is 0. The second-order valence-corrected chi connectivity index (χ2v) is 11.9. The third-order valence-electron chi connectivity index (χ3n) is 10.8. The maximum atomic E-state index is 14.7. The van der Waals surface area contributed by atoms with Crippen molar-refractivity contribution in [2.75, 3.05) is 7.11 Å². The van der Waals surface area contributed by atoms with E-state index in [4.69, 9.17) is 4.74 Å². The minimum atomic E-state index is -1.37. The predicted molar refractivity (Wildman–Crippen MR) is 120 cm³/mol. The maximum absolute atomic E-state index is 14.7. The lowest BCUT2D eigenvalue weighted by Gasteiger charge is -2.61. The number of alkyl halides is 1. The van der Waals surface area contributed by atoms with Crippen molar-refractivity contribution in [1.29, 1.82) is 0 Å². The number of carbonyl (C=O) groups is 3. The zero-order valence-corrected chi connectivity index (χ0v) is 20.5. The van der Waals surface area contributed by atoms with Crippen molar-refractivity contribution in [2.45, 2.75) is 91.7 Å². The lowest BCUT2D eigenvalue weighted by molar-refractivity contribution is -0.174. The summed E-state index contributed by atoms with van der Waals surface area (Å²) in [6.07, 6.45) is 5.34. The van der Waals surface area contributed by atoms with Gasteiger partial charge in [-0.3, -0.25) is 14.4 Å². The van der Waals surface area contributed by atoms with Gasteiger partial charge < -0.3 is 4.74 Å². The van der Waals surface area contributed by atoms with Gasteiger partial charge in [0.2, 0.25) is 0 Å². The Morgan fingerprint density at radius 2 is 1.81 bits per heavy atom. The molecule has 0 spiro atoms. The van der Waals surface area contributed by atoms with E-state index in [0.29, 0.717) is 36.4 Å². The predicted octanol–water partition coefficient (Wildman–Crippen LogP) is 5.57. The highest BCUT2D eigenvalue weighted by molar-refractivity contribution is 5.89. The number of Topliss-reactive ketones (excluding diaryl/α,β-unsaturated/α-hetero) is 2. The van der Waals surface area contributed by atoms with Crippen molar-refractivity contribution in [2.24, 2.45) is 52.3 Å². The first-order valence-corrected chi connectivity index (χ1v) is 12.9. The molecule has 4 aliphatic carbocycles. The van der Waals surface area contributed by atoms with E-state index < -0.39 is 6.17 Å². The van der Waals surface area contributed by atoms with Gasteiger partial charge in [0.15, 0.2) is 12.0 Å². The Morgan fingerprint density at radius 3 is 2.47 bits per heavy atom. The van der Waals surface area contributed by atoms with Crippen molar-refractivity contribution >= 4 is 17.5 Å². The monoisotopic (exact) mass is 448 g/mol. The van der Waals surface area contributed by atoms with Crippen molar-refractivity contribution in [3.63, 3.8) is 0 Å². The summed E-state index contributed by atoms with van der Waals surface area (Å²) < 4.78 is 19.5. The van der Waals surface area contributed by atoms with Crippen molar-refractivity contribution < 1.29 is 23.5 Å². The summed E-state index contributed by atoms with van der Waals surface area (Å²) in [5.41, 5.74) is -0.171. The number of hydrogen-bond donors (Lipinski definition) is 0. The van der Waals surface area contributed by atoms with E-state index in [2.05, 4.69) is 27.7 Å². The van der Waals surface area contributed by atoms with Crippen LogP contribution in [0.2, 0.25) is 0 Å². The van der Waals surface area contributed by atoms with E-state index in [1.807, 2.05) is 0 Å². The maximum Gasteiger partial charge on any atom is 0.305 e. The van der Waals surface area contributed by atoms with Crippen LogP contribution in [-0.2, 0) is 19.1 Å². The van der Waals surface area contributed by atoms with Crippen LogP contribution in [0, 0.1) is 52.3 Å². The number of halogens is 1. The number of methoxy groups -OCH3 is 1. The molecule has 0 radical (unpaired) electrons. The Bertz CT molecular complexity index is 780. The first-order chi connectivity index (χ1) is 15.1. The molecule has 5 heteroatoms. The van der Waals surface area contributed by atoms with Crippen LogP contribution in [0.15, 0.2) is 0 Å². The number of ether oxygens (including phenoxy) is 1. The molecule has 180 valence electrons. The Morgan fingerprint density at radius 1 is 1.12 bits per heavy atom. The molecule has 0 heterocycles. The van der Waals surface area contributed by atoms with Crippen molar-refractivity contribution in [1.82, 2.24) is 0 Å². The van der Waals surface area contributed by atoms with Crippen LogP contribution < -0.4 is 0 Å². The molecular weight excluding hydrogens is 407 g/mol. The molecule has 0 aromatic carbocycles. The molecule has 0 aliphatic heterocycles. The van der Waals surface area contributed by atoms with Gasteiger partial charge in [-0.2, -0.15) is 0 Å². The van der Waals surface area contributed by atoms with Crippen LogP contribution in [0.1, 0.15) is 85.5 Å². The highest BCUT2D eigenvalue weighted by Gasteiger charge is 2.66. The van der Waals surface area contributed by atoms with Gasteiger partial charge in [0.1, 0.15) is 5.78 Å². The quantitative estimate of drug-likeness (QED) is 0.516. The molecule has 4 fully saturated rings. The number of carbonyl (C=O) groups excluding carboxylic acids is 3. The topological polar surface area (TPSA) is 60.4 Å². The molecular formula is C27H41FO4. The number of fused-ring (bicyclic) bond motifs is 5. The number of hydrogen-bond acceptors (Lipinski definition) is 4. The Labute approximate surface area is 192 Å². The first-order valence-electron chi connectivity index (χ1n) is 12.9. The van der Waals surface area contributed by atoms with E-state index in [1.54, 1.807) is 0 Å². The molecule has 4 saturated carbocycles. The molecule has 0 amide bonds. The summed E-state index contributed by atoms with van der Waals surface area (Å²) in [7, 11) is 1.44. The Balaban J connectivity index is 1.62. The molecule has 0 bridgehead atoms. The lowest BCUT2D eigenvalue weighted by atomic mass is 9.41. The normalized spacial score (nSPS) is 46.8. The first kappa shape index (κ1) is 23.9. The molecule has 32 heavy (non-hydrogen) atoms. The lowest BCUT2D eigenvalue weighted by Crippen LogP contribution is -2.61. The molecule has 4 aliphatic rings. The van der Waals surface area contributed by atoms with Crippen LogP contribution in [0.25, 0.3) is 0 Å². The SMILES string of the molecule is CC[C@H]1C(=O)[C@@H]2[C@H](CC[C@]3(C)[C@@H](C(C)CCC(=O)OC)CC[C@@H]23)[C@@]2(C)C[C@H](F)C(=O)C[C@@H]12. The molecule has 0 N–H and O–H groups in total. The van der Waals surface area contributed by atoms with Gasteiger partial charge in [0.25, 0.3) is 0 Å². The van der Waals surface area contributed by atoms with E-state index in [-0.39, 0.29) is 52.7 Å². The van der Waals surface area contributed by atoms with E-state index in [0.717, 1.165) is 38.5 Å². The smallest absolute Gasteiger partial charge is 0.305 e. The molecule has 1 unspecified atom stereocenters. The second kappa shape index (κ2) is 8.51. The summed E-state index contributed by atoms with van der Waals surface area (Å²) in [4.78, 5) is 37.9. The van der Waals surface area contributed by atoms with Crippen molar-refractivity contribution in [3.05, 3.63) is 0 Å². The molecule has 10 atom stereocenters. The zero-order valence-electron chi connectivity index (χ0n) is 20.5. The molecule has 0 aromatic heterocycles. The highest BCUT2D eigenvalue weighted by Crippen LogP contribution is 2.68. The summed E-state index contributed by atoms with van der Waals surface area (Å²) in [6.45, 7) is 8.88. The minimum absolute atomic E-state index is 0.00119. The van der Waals surface area contributed by atoms with Gasteiger partial charge in [-0.05, 0) is 85.4 Å². The summed E-state index contributed by atoms with van der Waals surface area (Å²) in [5.74, 6) is 1.24. The molecule has 0 saturated heterocycles.